The van der Waals surface area contributed by atoms with Gasteiger partial charge in [-0.1, -0.05) is 22.0 Å². The Labute approximate surface area is 127 Å². The molecule has 0 saturated carbocycles. The lowest BCUT2D eigenvalue weighted by Gasteiger charge is -2.25. The first-order chi connectivity index (χ1) is 9.72. The predicted octanol–water partition coefficient (Wildman–Crippen LogP) is 2.11. The van der Waals surface area contributed by atoms with Gasteiger partial charge in [0.1, 0.15) is 0 Å². The number of rotatable bonds is 3. The molecule has 5 heteroatoms. The number of ether oxygens (including phenoxy) is 1. The first kappa shape index (κ1) is 13.9. The van der Waals surface area contributed by atoms with Crippen LogP contribution >= 0.6 is 15.9 Å². The molecule has 1 fully saturated rings. The van der Waals surface area contributed by atoms with Gasteiger partial charge in [0.2, 0.25) is 5.91 Å². The monoisotopic (exact) mass is 338 g/mol. The number of hydrogen-bond donors (Lipinski definition) is 1. The van der Waals surface area contributed by atoms with Crippen molar-refractivity contribution in [2.75, 3.05) is 31.2 Å². The highest BCUT2D eigenvalue weighted by Crippen LogP contribution is 2.30. The lowest BCUT2D eigenvalue weighted by atomic mass is 10.1. The van der Waals surface area contributed by atoms with E-state index in [1.165, 1.54) is 11.3 Å². The Balaban J connectivity index is 1.59. The number of nitrogens with zero attached hydrogens (tertiary/aromatic N) is 1. The fourth-order valence-electron chi connectivity index (χ4n) is 2.87. The summed E-state index contributed by atoms with van der Waals surface area (Å²) in [6.07, 6.45) is 2.87. The Morgan fingerprint density at radius 2 is 2.20 bits per heavy atom. The van der Waals surface area contributed by atoms with Crippen LogP contribution in [-0.2, 0) is 16.0 Å². The van der Waals surface area contributed by atoms with E-state index in [0.29, 0.717) is 6.54 Å². The second-order valence-electron chi connectivity index (χ2n) is 5.40. The Hall–Kier alpha value is -1.07. The lowest BCUT2D eigenvalue weighted by Crippen LogP contribution is -2.44. The van der Waals surface area contributed by atoms with Crippen molar-refractivity contribution < 1.29 is 9.53 Å². The van der Waals surface area contributed by atoms with Crippen molar-refractivity contribution >= 4 is 27.5 Å². The van der Waals surface area contributed by atoms with Gasteiger partial charge in [0.15, 0.2) is 0 Å². The van der Waals surface area contributed by atoms with Gasteiger partial charge in [0.05, 0.1) is 6.54 Å². The van der Waals surface area contributed by atoms with E-state index in [0.717, 1.165) is 43.5 Å². The van der Waals surface area contributed by atoms with Crippen LogP contribution in [0, 0.1) is 0 Å². The molecule has 0 aromatic heterocycles. The molecule has 0 radical (unpaired) electrons. The van der Waals surface area contributed by atoms with Crippen LogP contribution in [-0.4, -0.2) is 38.3 Å². The molecule has 0 aliphatic carbocycles. The third kappa shape index (κ3) is 3.15. The number of amides is 1. The Kier molecular flexibility index (Phi) is 4.27. The molecule has 1 amide bonds. The normalized spacial score (nSPS) is 18.9. The molecular weight excluding hydrogens is 320 g/mol. The van der Waals surface area contributed by atoms with Crippen LogP contribution in [0.4, 0.5) is 5.69 Å². The molecule has 1 saturated heterocycles. The van der Waals surface area contributed by atoms with Crippen LogP contribution in [0.5, 0.6) is 0 Å². The largest absolute Gasteiger partial charge is 0.381 e. The predicted molar refractivity (Wildman–Crippen MR) is 82.0 cm³/mol. The molecule has 2 heterocycles. The van der Waals surface area contributed by atoms with Crippen LogP contribution in [0.3, 0.4) is 0 Å². The summed E-state index contributed by atoms with van der Waals surface area (Å²) in [4.78, 5) is 14.3. The molecule has 0 spiro atoms. The third-order valence-electron chi connectivity index (χ3n) is 3.96. The quantitative estimate of drug-likeness (QED) is 0.917. The van der Waals surface area contributed by atoms with Crippen molar-refractivity contribution in [2.45, 2.75) is 25.3 Å². The Morgan fingerprint density at radius 1 is 1.40 bits per heavy atom. The van der Waals surface area contributed by atoms with E-state index in [-0.39, 0.29) is 11.9 Å². The summed E-state index contributed by atoms with van der Waals surface area (Å²) in [5.74, 6) is 0.115. The number of carbonyl (C=O) groups is 1. The van der Waals surface area contributed by atoms with Gasteiger partial charge in [-0.15, -0.1) is 0 Å². The van der Waals surface area contributed by atoms with E-state index in [1.807, 2.05) is 0 Å². The van der Waals surface area contributed by atoms with E-state index in [4.69, 9.17) is 4.74 Å². The van der Waals surface area contributed by atoms with Crippen molar-refractivity contribution in [2.24, 2.45) is 0 Å². The molecule has 20 heavy (non-hydrogen) atoms. The minimum Gasteiger partial charge on any atom is -0.381 e. The molecule has 108 valence electrons. The Morgan fingerprint density at radius 3 is 3.00 bits per heavy atom. The highest BCUT2D eigenvalue weighted by Gasteiger charge is 2.23. The summed E-state index contributed by atoms with van der Waals surface area (Å²) < 4.78 is 6.37. The van der Waals surface area contributed by atoms with Crippen molar-refractivity contribution in [3.05, 3.63) is 28.2 Å². The van der Waals surface area contributed by atoms with Crippen LogP contribution in [0.15, 0.2) is 22.7 Å². The van der Waals surface area contributed by atoms with Gasteiger partial charge >= 0.3 is 0 Å². The van der Waals surface area contributed by atoms with E-state index in [1.54, 1.807) is 0 Å². The van der Waals surface area contributed by atoms with E-state index >= 15 is 0 Å². The standard InChI is InChI=1S/C15H19BrN2O2/c16-12-2-1-11-3-6-18(14(11)9-12)10-15(19)17-13-4-7-20-8-5-13/h1-2,9,13H,3-8,10H2,(H,17,19). The summed E-state index contributed by atoms with van der Waals surface area (Å²) >= 11 is 3.50. The molecule has 1 N–H and O–H groups in total. The van der Waals surface area contributed by atoms with Crippen LogP contribution in [0.25, 0.3) is 0 Å². The second kappa shape index (κ2) is 6.14. The number of anilines is 1. The smallest absolute Gasteiger partial charge is 0.239 e. The molecule has 2 aliphatic heterocycles. The van der Waals surface area contributed by atoms with Crippen LogP contribution in [0.2, 0.25) is 0 Å². The summed E-state index contributed by atoms with van der Waals surface area (Å²) in [6, 6.07) is 6.57. The van der Waals surface area contributed by atoms with E-state index in [9.17, 15) is 4.79 Å². The summed E-state index contributed by atoms with van der Waals surface area (Å²) in [6.45, 7) is 2.88. The number of carbonyl (C=O) groups excluding carboxylic acids is 1. The summed E-state index contributed by atoms with van der Waals surface area (Å²) in [7, 11) is 0. The van der Waals surface area contributed by atoms with E-state index < -0.39 is 0 Å². The molecule has 2 aliphatic rings. The maximum Gasteiger partial charge on any atom is 0.239 e. The minimum absolute atomic E-state index is 0.115. The van der Waals surface area contributed by atoms with E-state index in [2.05, 4.69) is 44.3 Å². The van der Waals surface area contributed by atoms with Crippen LogP contribution in [0.1, 0.15) is 18.4 Å². The number of halogens is 1. The first-order valence-corrected chi connectivity index (χ1v) is 7.92. The average Bonchev–Trinajstić information content (AvgIpc) is 2.82. The molecule has 1 aromatic rings. The number of nitrogens with one attached hydrogen (secondary N) is 1. The van der Waals surface area contributed by atoms with Gasteiger partial charge in [-0.25, -0.2) is 0 Å². The topological polar surface area (TPSA) is 41.6 Å². The number of benzene rings is 1. The zero-order valence-electron chi connectivity index (χ0n) is 11.4. The molecule has 3 rings (SSSR count). The maximum atomic E-state index is 12.2. The van der Waals surface area contributed by atoms with Crippen molar-refractivity contribution in [3.8, 4) is 0 Å². The maximum absolute atomic E-state index is 12.2. The molecule has 0 atom stereocenters. The second-order valence-corrected chi connectivity index (χ2v) is 6.31. The Bertz CT molecular complexity index is 501. The molecule has 0 unspecified atom stereocenters. The highest BCUT2D eigenvalue weighted by molar-refractivity contribution is 9.10. The molecule has 4 nitrogen and oxygen atoms in total. The average molecular weight is 339 g/mol. The SMILES string of the molecule is O=C(CN1CCc2ccc(Br)cc21)NC1CCOCC1. The van der Waals surface area contributed by atoms with Gasteiger partial charge < -0.3 is 15.0 Å². The fourth-order valence-corrected chi connectivity index (χ4v) is 3.22. The van der Waals surface area contributed by atoms with Gasteiger partial charge in [0.25, 0.3) is 0 Å². The fraction of sp³-hybridized carbons (Fsp3) is 0.533. The summed E-state index contributed by atoms with van der Waals surface area (Å²) in [5, 5.41) is 3.12. The van der Waals surface area contributed by atoms with Crippen LogP contribution < -0.4 is 10.2 Å². The first-order valence-electron chi connectivity index (χ1n) is 7.13. The summed E-state index contributed by atoms with van der Waals surface area (Å²) in [5.41, 5.74) is 2.51. The van der Waals surface area contributed by atoms with Gasteiger partial charge in [-0.2, -0.15) is 0 Å². The van der Waals surface area contributed by atoms with Gasteiger partial charge in [-0.05, 0) is 37.0 Å². The van der Waals surface area contributed by atoms with Gasteiger partial charge in [-0.3, -0.25) is 4.79 Å². The number of hydrogen-bond acceptors (Lipinski definition) is 3. The zero-order valence-corrected chi connectivity index (χ0v) is 13.0. The molecule has 0 bridgehead atoms. The zero-order chi connectivity index (χ0) is 13.9. The van der Waals surface area contributed by atoms with Crippen molar-refractivity contribution in [1.29, 1.82) is 0 Å². The lowest BCUT2D eigenvalue weighted by molar-refractivity contribution is -0.121. The van der Waals surface area contributed by atoms with Gasteiger partial charge in [0, 0.05) is 36.0 Å². The minimum atomic E-state index is 0.115. The van der Waals surface area contributed by atoms with Crippen molar-refractivity contribution in [3.63, 3.8) is 0 Å². The third-order valence-corrected chi connectivity index (χ3v) is 4.45. The molecule has 1 aromatic carbocycles. The highest BCUT2D eigenvalue weighted by atomic mass is 79.9. The molecular formula is C15H19BrN2O2. The van der Waals surface area contributed by atoms with Crippen molar-refractivity contribution in [1.82, 2.24) is 5.32 Å². The number of fused-ring (bicyclic) bond motifs is 1.